The number of hydrogen-bond donors (Lipinski definition) is 1. The molecule has 1 saturated heterocycles. The van der Waals surface area contributed by atoms with E-state index in [2.05, 4.69) is 0 Å². The molecule has 1 fully saturated rings. The molecule has 1 aliphatic heterocycles. The zero-order valence-electron chi connectivity index (χ0n) is 13.4. The van der Waals surface area contributed by atoms with Crippen LogP contribution < -0.4 is 5.73 Å². The molecule has 2 heterocycles. The van der Waals surface area contributed by atoms with Crippen LogP contribution in [0.2, 0.25) is 0 Å². The number of thiophene rings is 1. The summed E-state index contributed by atoms with van der Waals surface area (Å²) in [6, 6.07) is 13.1. The van der Waals surface area contributed by atoms with E-state index in [0.717, 1.165) is 10.4 Å². The lowest BCUT2D eigenvalue weighted by Gasteiger charge is -2.35. The average Bonchev–Trinajstić information content (AvgIpc) is 3.16. The number of nitrogens with two attached hydrogens (primary N) is 1. The molecule has 2 N–H and O–H groups in total. The highest BCUT2D eigenvalue weighted by atomic mass is 32.1. The quantitative estimate of drug-likeness (QED) is 0.925. The third-order valence-electron chi connectivity index (χ3n) is 4.27. The number of piperazine rings is 1. The van der Waals surface area contributed by atoms with E-state index in [1.54, 1.807) is 4.90 Å². The summed E-state index contributed by atoms with van der Waals surface area (Å²) in [6.07, 6.45) is 0.295. The van der Waals surface area contributed by atoms with Crippen LogP contribution in [0.25, 0.3) is 0 Å². The van der Waals surface area contributed by atoms with Gasteiger partial charge in [-0.25, -0.2) is 0 Å². The van der Waals surface area contributed by atoms with Crippen molar-refractivity contribution in [3.63, 3.8) is 0 Å². The van der Waals surface area contributed by atoms with Crippen LogP contribution in [0.5, 0.6) is 0 Å². The van der Waals surface area contributed by atoms with Crippen molar-refractivity contribution in [2.45, 2.75) is 12.5 Å². The van der Waals surface area contributed by atoms with Gasteiger partial charge in [-0.3, -0.25) is 9.59 Å². The molecular weight excluding hydrogens is 322 g/mol. The molecule has 1 aliphatic rings. The van der Waals surface area contributed by atoms with Crippen LogP contribution >= 0.6 is 11.3 Å². The topological polar surface area (TPSA) is 66.6 Å². The monoisotopic (exact) mass is 343 g/mol. The summed E-state index contributed by atoms with van der Waals surface area (Å²) in [5.74, 6) is 0.104. The Bertz CT molecular complexity index is 680. The van der Waals surface area contributed by atoms with Crippen LogP contribution in [0.1, 0.15) is 27.7 Å². The number of hydrogen-bond acceptors (Lipinski definition) is 4. The summed E-state index contributed by atoms with van der Waals surface area (Å²) >= 11 is 1.45. The summed E-state index contributed by atoms with van der Waals surface area (Å²) in [4.78, 5) is 29.1. The second-order valence-electron chi connectivity index (χ2n) is 5.87. The molecule has 2 aromatic rings. The predicted octanol–water partition coefficient (Wildman–Crippen LogP) is 2.12. The van der Waals surface area contributed by atoms with Crippen molar-refractivity contribution in [2.75, 3.05) is 26.2 Å². The number of rotatable bonds is 4. The second-order valence-corrected chi connectivity index (χ2v) is 6.82. The SMILES string of the molecule is N[C@H](CC(=O)N1CCN(C(=O)c2cccs2)CC1)c1ccccc1. The molecule has 0 saturated carbocycles. The van der Waals surface area contributed by atoms with Gasteiger partial charge in [-0.1, -0.05) is 36.4 Å². The molecular formula is C18H21N3O2S. The van der Waals surface area contributed by atoms with E-state index in [1.807, 2.05) is 52.7 Å². The molecule has 0 bridgehead atoms. The normalized spacial score (nSPS) is 16.0. The standard InChI is InChI=1S/C18H21N3O2S/c19-15(14-5-2-1-3-6-14)13-17(22)20-8-10-21(11-9-20)18(23)16-7-4-12-24-16/h1-7,12,15H,8-11,13,19H2/t15-/m1/s1. The highest BCUT2D eigenvalue weighted by Gasteiger charge is 2.26. The van der Waals surface area contributed by atoms with Crippen LogP contribution in [0.3, 0.4) is 0 Å². The Morgan fingerprint density at radius 3 is 2.29 bits per heavy atom. The number of nitrogens with zero attached hydrogens (tertiary/aromatic N) is 2. The minimum absolute atomic E-state index is 0.0505. The van der Waals surface area contributed by atoms with Crippen molar-refractivity contribution >= 4 is 23.2 Å². The first-order valence-electron chi connectivity index (χ1n) is 8.06. The molecule has 3 rings (SSSR count). The number of carbonyl (C=O) groups is 2. The molecule has 24 heavy (non-hydrogen) atoms. The van der Waals surface area contributed by atoms with Crippen molar-refractivity contribution in [1.82, 2.24) is 9.80 Å². The highest BCUT2D eigenvalue weighted by Crippen LogP contribution is 2.17. The zero-order chi connectivity index (χ0) is 16.9. The van der Waals surface area contributed by atoms with E-state index >= 15 is 0 Å². The fourth-order valence-corrected chi connectivity index (χ4v) is 3.54. The number of benzene rings is 1. The van der Waals surface area contributed by atoms with Gasteiger partial charge in [0.25, 0.3) is 5.91 Å². The van der Waals surface area contributed by atoms with Gasteiger partial charge < -0.3 is 15.5 Å². The lowest BCUT2D eigenvalue weighted by molar-refractivity contribution is -0.133. The van der Waals surface area contributed by atoms with Crippen molar-refractivity contribution in [1.29, 1.82) is 0 Å². The van der Waals surface area contributed by atoms with Crippen LogP contribution in [-0.4, -0.2) is 47.8 Å². The van der Waals surface area contributed by atoms with Gasteiger partial charge in [-0.2, -0.15) is 0 Å². The van der Waals surface area contributed by atoms with Crippen molar-refractivity contribution < 1.29 is 9.59 Å². The van der Waals surface area contributed by atoms with E-state index in [4.69, 9.17) is 5.73 Å². The van der Waals surface area contributed by atoms with Gasteiger partial charge >= 0.3 is 0 Å². The van der Waals surface area contributed by atoms with Gasteiger partial charge in [0.1, 0.15) is 0 Å². The Morgan fingerprint density at radius 1 is 1.00 bits per heavy atom. The summed E-state index contributed by atoms with van der Waals surface area (Å²) in [6.45, 7) is 2.28. The largest absolute Gasteiger partial charge is 0.339 e. The first-order chi connectivity index (χ1) is 11.6. The van der Waals surface area contributed by atoms with Gasteiger partial charge in [0.05, 0.1) is 4.88 Å². The van der Waals surface area contributed by atoms with E-state index < -0.39 is 0 Å². The Labute approximate surface area is 145 Å². The molecule has 2 amide bonds. The van der Waals surface area contributed by atoms with Gasteiger partial charge in [0.15, 0.2) is 0 Å². The molecule has 1 aromatic carbocycles. The maximum atomic E-state index is 12.4. The van der Waals surface area contributed by atoms with Crippen LogP contribution in [0.15, 0.2) is 47.8 Å². The summed E-state index contributed by atoms with van der Waals surface area (Å²) in [7, 11) is 0. The maximum Gasteiger partial charge on any atom is 0.264 e. The van der Waals surface area contributed by atoms with E-state index in [0.29, 0.717) is 32.6 Å². The number of amides is 2. The first kappa shape index (κ1) is 16.7. The van der Waals surface area contributed by atoms with Gasteiger partial charge in [0.2, 0.25) is 5.91 Å². The van der Waals surface area contributed by atoms with E-state index in [1.165, 1.54) is 11.3 Å². The van der Waals surface area contributed by atoms with Gasteiger partial charge in [-0.05, 0) is 17.0 Å². The zero-order valence-corrected chi connectivity index (χ0v) is 14.2. The third kappa shape index (κ3) is 3.83. The summed E-state index contributed by atoms with van der Waals surface area (Å²) in [5.41, 5.74) is 7.10. The molecule has 0 spiro atoms. The first-order valence-corrected chi connectivity index (χ1v) is 8.94. The van der Waals surface area contributed by atoms with Gasteiger partial charge in [0, 0.05) is 38.6 Å². The van der Waals surface area contributed by atoms with Crippen molar-refractivity contribution in [2.24, 2.45) is 5.73 Å². The van der Waals surface area contributed by atoms with Crippen LogP contribution in [-0.2, 0) is 4.79 Å². The third-order valence-corrected chi connectivity index (χ3v) is 5.13. The molecule has 1 atom stereocenters. The Balaban J connectivity index is 1.51. The molecule has 0 aliphatic carbocycles. The highest BCUT2D eigenvalue weighted by molar-refractivity contribution is 7.12. The fourth-order valence-electron chi connectivity index (χ4n) is 2.85. The second kappa shape index (κ2) is 7.59. The lowest BCUT2D eigenvalue weighted by Crippen LogP contribution is -2.50. The molecule has 1 aromatic heterocycles. The fraction of sp³-hybridized carbons (Fsp3) is 0.333. The smallest absolute Gasteiger partial charge is 0.264 e. The Kier molecular flexibility index (Phi) is 5.27. The maximum absolute atomic E-state index is 12.4. The molecule has 6 heteroatoms. The molecule has 0 radical (unpaired) electrons. The summed E-state index contributed by atoms with van der Waals surface area (Å²) in [5, 5.41) is 1.90. The predicted molar refractivity (Wildman–Crippen MR) is 94.8 cm³/mol. The van der Waals surface area contributed by atoms with E-state index in [-0.39, 0.29) is 17.9 Å². The molecule has 126 valence electrons. The average molecular weight is 343 g/mol. The minimum Gasteiger partial charge on any atom is -0.339 e. The Hall–Kier alpha value is -2.18. The number of carbonyl (C=O) groups excluding carboxylic acids is 2. The van der Waals surface area contributed by atoms with Crippen LogP contribution in [0.4, 0.5) is 0 Å². The minimum atomic E-state index is -0.288. The molecule has 0 unspecified atom stereocenters. The Morgan fingerprint density at radius 2 is 1.67 bits per heavy atom. The van der Waals surface area contributed by atoms with Crippen molar-refractivity contribution in [3.8, 4) is 0 Å². The van der Waals surface area contributed by atoms with Crippen molar-refractivity contribution in [3.05, 3.63) is 58.3 Å². The summed E-state index contributed by atoms with van der Waals surface area (Å²) < 4.78 is 0. The molecule has 5 nitrogen and oxygen atoms in total. The van der Waals surface area contributed by atoms with Gasteiger partial charge in [-0.15, -0.1) is 11.3 Å². The van der Waals surface area contributed by atoms with E-state index in [9.17, 15) is 9.59 Å². The lowest BCUT2D eigenvalue weighted by atomic mass is 10.0. The van der Waals surface area contributed by atoms with Crippen LogP contribution in [0, 0.1) is 0 Å².